The summed E-state index contributed by atoms with van der Waals surface area (Å²) >= 11 is 6.03. The average Bonchev–Trinajstić information content (AvgIpc) is 3.27. The third kappa shape index (κ3) is 4.62. The number of nitro groups is 1. The van der Waals surface area contributed by atoms with Gasteiger partial charge in [-0.25, -0.2) is 9.97 Å². The second kappa shape index (κ2) is 9.08. The molecule has 2 aliphatic heterocycles. The summed E-state index contributed by atoms with van der Waals surface area (Å²) in [6, 6.07) is 12.9. The van der Waals surface area contributed by atoms with Gasteiger partial charge in [0.2, 0.25) is 18.4 Å². The van der Waals surface area contributed by atoms with Gasteiger partial charge in [0, 0.05) is 43.4 Å². The topological polar surface area (TPSA) is 106 Å². The van der Waals surface area contributed by atoms with Crippen LogP contribution in [0.5, 0.6) is 11.5 Å². The SMILES string of the molecule is O=[N+]([O-])c1c(Nc2cccc(Cl)c2)ncnc1N1CCN(Cc2ccc3c(c2)OCO3)CC1. The van der Waals surface area contributed by atoms with Crippen molar-refractivity contribution in [2.24, 2.45) is 0 Å². The number of benzene rings is 2. The zero-order valence-corrected chi connectivity index (χ0v) is 18.4. The van der Waals surface area contributed by atoms with Crippen LogP contribution in [0.15, 0.2) is 48.8 Å². The van der Waals surface area contributed by atoms with E-state index in [9.17, 15) is 10.1 Å². The maximum absolute atomic E-state index is 11.9. The molecule has 0 atom stereocenters. The molecule has 1 N–H and O–H groups in total. The van der Waals surface area contributed by atoms with Gasteiger partial charge in [-0.1, -0.05) is 23.7 Å². The molecule has 2 aliphatic rings. The molecule has 0 radical (unpaired) electrons. The molecule has 3 aromatic rings. The molecule has 3 heterocycles. The quantitative estimate of drug-likeness (QED) is 0.426. The largest absolute Gasteiger partial charge is 0.454 e. The van der Waals surface area contributed by atoms with Crippen LogP contribution in [0.4, 0.5) is 23.0 Å². The number of halogens is 1. The smallest absolute Gasteiger partial charge is 0.353 e. The Morgan fingerprint density at radius 1 is 1.06 bits per heavy atom. The van der Waals surface area contributed by atoms with E-state index in [1.54, 1.807) is 24.3 Å². The minimum absolute atomic E-state index is 0.134. The number of piperazine rings is 1. The first-order chi connectivity index (χ1) is 16.1. The van der Waals surface area contributed by atoms with Gasteiger partial charge in [-0.15, -0.1) is 0 Å². The minimum atomic E-state index is -0.443. The van der Waals surface area contributed by atoms with Crippen molar-refractivity contribution in [3.8, 4) is 11.5 Å². The predicted octanol–water partition coefficient (Wildman–Crippen LogP) is 3.83. The van der Waals surface area contributed by atoms with Crippen molar-refractivity contribution in [1.82, 2.24) is 14.9 Å². The van der Waals surface area contributed by atoms with Crippen molar-refractivity contribution in [3.05, 3.63) is 69.5 Å². The molecule has 0 aliphatic carbocycles. The molecule has 1 saturated heterocycles. The van der Waals surface area contributed by atoms with Gasteiger partial charge < -0.3 is 19.7 Å². The van der Waals surface area contributed by atoms with E-state index in [1.807, 2.05) is 23.1 Å². The summed E-state index contributed by atoms with van der Waals surface area (Å²) in [6.45, 7) is 3.72. The standard InChI is InChI=1S/C22H21ClN6O4/c23-16-2-1-3-17(11-16)26-21-20(29(30)31)22(25-13-24-21)28-8-6-27(7-9-28)12-15-4-5-18-19(10-15)33-14-32-18/h1-5,10-11,13H,6-9,12,14H2,(H,24,25,26). The summed E-state index contributed by atoms with van der Waals surface area (Å²) in [7, 11) is 0. The highest BCUT2D eigenvalue weighted by Gasteiger charge is 2.29. The molecule has 0 bridgehead atoms. The fourth-order valence-corrected chi connectivity index (χ4v) is 4.17. The molecule has 0 saturated carbocycles. The highest BCUT2D eigenvalue weighted by atomic mass is 35.5. The first-order valence-corrected chi connectivity index (χ1v) is 10.8. The second-order valence-corrected chi connectivity index (χ2v) is 8.17. The molecule has 0 unspecified atom stereocenters. The fraction of sp³-hybridized carbons (Fsp3) is 0.273. The Morgan fingerprint density at radius 3 is 2.67 bits per heavy atom. The Morgan fingerprint density at radius 2 is 1.88 bits per heavy atom. The summed E-state index contributed by atoms with van der Waals surface area (Å²) in [4.78, 5) is 24.1. The van der Waals surface area contributed by atoms with E-state index in [-0.39, 0.29) is 18.3 Å². The summed E-state index contributed by atoms with van der Waals surface area (Å²) in [6.07, 6.45) is 1.34. The van der Waals surface area contributed by atoms with Crippen molar-refractivity contribution in [2.75, 3.05) is 43.2 Å². The van der Waals surface area contributed by atoms with E-state index in [4.69, 9.17) is 21.1 Å². The van der Waals surface area contributed by atoms with Gasteiger partial charge in [-0.3, -0.25) is 15.0 Å². The summed E-state index contributed by atoms with van der Waals surface area (Å²) in [5.41, 5.74) is 1.60. The number of hydrogen-bond acceptors (Lipinski definition) is 9. The Labute approximate surface area is 194 Å². The first-order valence-electron chi connectivity index (χ1n) is 10.4. The number of nitrogens with zero attached hydrogens (tertiary/aromatic N) is 5. The highest BCUT2D eigenvalue weighted by Crippen LogP contribution is 2.35. The first kappa shape index (κ1) is 21.2. The molecule has 1 fully saturated rings. The van der Waals surface area contributed by atoms with Gasteiger partial charge >= 0.3 is 5.69 Å². The average molecular weight is 469 g/mol. The number of fused-ring (bicyclic) bond motifs is 1. The molecule has 1 aromatic heterocycles. The summed E-state index contributed by atoms with van der Waals surface area (Å²) in [5.74, 6) is 1.97. The maximum atomic E-state index is 11.9. The molecule has 10 nitrogen and oxygen atoms in total. The van der Waals surface area contributed by atoms with Crippen molar-refractivity contribution in [2.45, 2.75) is 6.54 Å². The Bertz CT molecular complexity index is 1190. The lowest BCUT2D eigenvalue weighted by molar-refractivity contribution is -0.383. The monoisotopic (exact) mass is 468 g/mol. The summed E-state index contributed by atoms with van der Waals surface area (Å²) in [5, 5.41) is 15.5. The van der Waals surface area contributed by atoms with Gasteiger partial charge in [0.25, 0.3) is 0 Å². The van der Waals surface area contributed by atoms with Crippen molar-refractivity contribution in [1.29, 1.82) is 0 Å². The van der Waals surface area contributed by atoms with Crippen LogP contribution in [-0.2, 0) is 6.54 Å². The number of aromatic nitrogens is 2. The highest BCUT2D eigenvalue weighted by molar-refractivity contribution is 6.30. The van der Waals surface area contributed by atoms with Crippen molar-refractivity contribution >= 4 is 34.6 Å². The van der Waals surface area contributed by atoms with E-state index in [0.717, 1.165) is 36.7 Å². The molecule has 0 spiro atoms. The van der Waals surface area contributed by atoms with Crippen LogP contribution in [0, 0.1) is 10.1 Å². The molecule has 33 heavy (non-hydrogen) atoms. The van der Waals surface area contributed by atoms with Gasteiger partial charge in [0.05, 0.1) is 4.92 Å². The van der Waals surface area contributed by atoms with Crippen LogP contribution in [-0.4, -0.2) is 52.8 Å². The van der Waals surface area contributed by atoms with Gasteiger partial charge in [-0.2, -0.15) is 0 Å². The normalized spacial score (nSPS) is 15.5. The van der Waals surface area contributed by atoms with E-state index >= 15 is 0 Å². The number of ether oxygens (including phenoxy) is 2. The zero-order chi connectivity index (χ0) is 22.8. The minimum Gasteiger partial charge on any atom is -0.454 e. The molecular formula is C22H21ClN6O4. The van der Waals surface area contributed by atoms with E-state index in [2.05, 4.69) is 20.2 Å². The van der Waals surface area contributed by atoms with Crippen molar-refractivity contribution in [3.63, 3.8) is 0 Å². The fourth-order valence-electron chi connectivity index (χ4n) is 3.98. The zero-order valence-electron chi connectivity index (χ0n) is 17.6. The lowest BCUT2D eigenvalue weighted by atomic mass is 10.1. The van der Waals surface area contributed by atoms with Crippen LogP contribution in [0.2, 0.25) is 5.02 Å². The number of hydrogen-bond donors (Lipinski definition) is 1. The van der Waals surface area contributed by atoms with Gasteiger partial charge in [0.1, 0.15) is 6.33 Å². The third-order valence-corrected chi connectivity index (χ3v) is 5.82. The van der Waals surface area contributed by atoms with E-state index in [1.165, 1.54) is 6.33 Å². The Kier molecular flexibility index (Phi) is 5.84. The summed E-state index contributed by atoms with van der Waals surface area (Å²) < 4.78 is 10.8. The van der Waals surface area contributed by atoms with Gasteiger partial charge in [-0.05, 0) is 35.9 Å². The van der Waals surface area contributed by atoms with Crippen LogP contribution < -0.4 is 19.7 Å². The molecule has 5 rings (SSSR count). The van der Waals surface area contributed by atoms with Gasteiger partial charge in [0.15, 0.2) is 11.5 Å². The van der Waals surface area contributed by atoms with E-state index in [0.29, 0.717) is 29.6 Å². The van der Waals surface area contributed by atoms with Crippen molar-refractivity contribution < 1.29 is 14.4 Å². The Balaban J connectivity index is 1.29. The Hall–Kier alpha value is -3.63. The molecular weight excluding hydrogens is 448 g/mol. The molecule has 2 aromatic carbocycles. The van der Waals surface area contributed by atoms with Crippen LogP contribution in [0.1, 0.15) is 5.56 Å². The lowest BCUT2D eigenvalue weighted by Crippen LogP contribution is -2.46. The third-order valence-electron chi connectivity index (χ3n) is 5.59. The van der Waals surface area contributed by atoms with E-state index < -0.39 is 4.92 Å². The maximum Gasteiger partial charge on any atom is 0.353 e. The molecule has 170 valence electrons. The van der Waals surface area contributed by atoms with Crippen LogP contribution in [0.3, 0.4) is 0 Å². The van der Waals surface area contributed by atoms with Crippen LogP contribution >= 0.6 is 11.6 Å². The molecule has 0 amide bonds. The second-order valence-electron chi connectivity index (χ2n) is 7.74. The number of rotatable bonds is 6. The lowest BCUT2D eigenvalue weighted by Gasteiger charge is -2.35. The number of anilines is 3. The predicted molar refractivity (Wildman–Crippen MR) is 123 cm³/mol. The number of nitrogens with one attached hydrogen (secondary N) is 1. The molecule has 11 heteroatoms. The van der Waals surface area contributed by atoms with Crippen LogP contribution in [0.25, 0.3) is 0 Å².